The second-order valence-electron chi connectivity index (χ2n) is 6.05. The normalized spacial score (nSPS) is 13.4. The van der Waals surface area contributed by atoms with Gasteiger partial charge in [-0.25, -0.2) is 14.5 Å². The molecule has 1 fully saturated rings. The maximum atomic E-state index is 12.5. The average Bonchev–Trinajstić information content (AvgIpc) is 3.19. The molecular weight excluding hydrogens is 368 g/mol. The maximum Gasteiger partial charge on any atom is 0.272 e. The van der Waals surface area contributed by atoms with Gasteiger partial charge in [0.15, 0.2) is 22.9 Å². The molecule has 1 saturated carbocycles. The molecular formula is C16H18N8O2S. The summed E-state index contributed by atoms with van der Waals surface area (Å²) >= 11 is 1.29. The molecule has 0 atom stereocenters. The number of hydrogen-bond donors (Lipinski definition) is 4. The lowest BCUT2D eigenvalue weighted by Crippen LogP contribution is -2.27. The number of carbonyl (C=O) groups excluding carboxylic acids is 2. The summed E-state index contributed by atoms with van der Waals surface area (Å²) in [5, 5.41) is 16.7. The quantitative estimate of drug-likeness (QED) is 0.502. The number of rotatable bonds is 6. The second kappa shape index (κ2) is 6.83. The van der Waals surface area contributed by atoms with E-state index in [0.717, 1.165) is 12.8 Å². The van der Waals surface area contributed by atoms with E-state index < -0.39 is 0 Å². The monoisotopic (exact) mass is 386 g/mol. The molecule has 0 aromatic carbocycles. The van der Waals surface area contributed by atoms with Gasteiger partial charge in [-0.3, -0.25) is 9.59 Å². The van der Waals surface area contributed by atoms with E-state index in [0.29, 0.717) is 27.8 Å². The van der Waals surface area contributed by atoms with Crippen molar-refractivity contribution in [2.24, 2.45) is 0 Å². The van der Waals surface area contributed by atoms with Gasteiger partial charge >= 0.3 is 0 Å². The minimum atomic E-state index is -0.291. The number of carbonyl (C=O) groups is 2. The molecule has 11 heteroatoms. The van der Waals surface area contributed by atoms with Gasteiger partial charge < -0.3 is 21.3 Å². The first-order valence-corrected chi connectivity index (χ1v) is 9.28. The first kappa shape index (κ1) is 17.2. The number of fused-ring (bicyclic) bond motifs is 1. The first-order chi connectivity index (χ1) is 13.1. The Kier molecular flexibility index (Phi) is 4.36. The van der Waals surface area contributed by atoms with Gasteiger partial charge in [0.05, 0.1) is 17.4 Å². The molecule has 0 spiro atoms. The molecule has 4 rings (SSSR count). The lowest BCUT2D eigenvalue weighted by molar-refractivity contribution is 0.0940. The summed E-state index contributed by atoms with van der Waals surface area (Å²) in [7, 11) is 3.31. The molecule has 2 amide bonds. The van der Waals surface area contributed by atoms with Crippen molar-refractivity contribution < 1.29 is 9.59 Å². The standard InChI is InChI=1S/C16H18N8O2S/c1-17-9-5-11(22-16-12(15(26)18-2)20-7-27-16)23-24-10(6-19-13(9)24)14(25)21-8-3-4-8/h5-8,17H,3-4H2,1-2H3,(H,18,26)(H,21,25)(H,22,23). The molecule has 1 aliphatic carbocycles. The Labute approximate surface area is 158 Å². The van der Waals surface area contributed by atoms with E-state index >= 15 is 0 Å². The van der Waals surface area contributed by atoms with Gasteiger partial charge in [-0.15, -0.1) is 16.4 Å². The van der Waals surface area contributed by atoms with Crippen molar-refractivity contribution in [2.75, 3.05) is 24.7 Å². The lowest BCUT2D eigenvalue weighted by atomic mass is 10.4. The van der Waals surface area contributed by atoms with E-state index in [1.54, 1.807) is 25.7 Å². The van der Waals surface area contributed by atoms with Crippen LogP contribution in [-0.4, -0.2) is 51.5 Å². The Morgan fingerprint density at radius 1 is 1.22 bits per heavy atom. The molecule has 10 nitrogen and oxygen atoms in total. The van der Waals surface area contributed by atoms with E-state index in [1.165, 1.54) is 22.0 Å². The summed E-state index contributed by atoms with van der Waals surface area (Å²) in [6.45, 7) is 0. The van der Waals surface area contributed by atoms with Crippen LogP contribution in [0.3, 0.4) is 0 Å². The van der Waals surface area contributed by atoms with Gasteiger partial charge in [0.25, 0.3) is 11.8 Å². The van der Waals surface area contributed by atoms with Crippen LogP contribution in [0.2, 0.25) is 0 Å². The third-order valence-electron chi connectivity index (χ3n) is 4.13. The topological polar surface area (TPSA) is 125 Å². The smallest absolute Gasteiger partial charge is 0.272 e. The fourth-order valence-electron chi connectivity index (χ4n) is 2.59. The molecule has 1 aliphatic rings. The number of imidazole rings is 1. The van der Waals surface area contributed by atoms with Crippen molar-refractivity contribution >= 4 is 45.3 Å². The van der Waals surface area contributed by atoms with Crippen LogP contribution in [0.5, 0.6) is 0 Å². The van der Waals surface area contributed by atoms with Gasteiger partial charge in [-0.1, -0.05) is 0 Å². The van der Waals surface area contributed by atoms with Crippen molar-refractivity contribution in [1.82, 2.24) is 30.2 Å². The zero-order valence-electron chi connectivity index (χ0n) is 14.7. The molecule has 0 aliphatic heterocycles. The second-order valence-corrected chi connectivity index (χ2v) is 6.91. The minimum absolute atomic E-state index is 0.208. The molecule has 4 N–H and O–H groups in total. The Balaban J connectivity index is 1.72. The van der Waals surface area contributed by atoms with Gasteiger partial charge in [0, 0.05) is 26.2 Å². The summed E-state index contributed by atoms with van der Waals surface area (Å²) in [6.07, 6.45) is 3.50. The van der Waals surface area contributed by atoms with Crippen LogP contribution < -0.4 is 21.3 Å². The van der Waals surface area contributed by atoms with E-state index in [9.17, 15) is 9.59 Å². The third kappa shape index (κ3) is 3.28. The van der Waals surface area contributed by atoms with Crippen molar-refractivity contribution in [3.63, 3.8) is 0 Å². The first-order valence-electron chi connectivity index (χ1n) is 8.40. The van der Waals surface area contributed by atoms with E-state index in [1.807, 2.05) is 0 Å². The van der Waals surface area contributed by atoms with Crippen molar-refractivity contribution in [1.29, 1.82) is 0 Å². The molecule has 140 valence electrons. The Hall–Kier alpha value is -3.21. The molecule has 0 bridgehead atoms. The number of amides is 2. The number of thiazole rings is 1. The number of nitrogens with zero attached hydrogens (tertiary/aromatic N) is 4. The number of nitrogens with one attached hydrogen (secondary N) is 4. The number of aromatic nitrogens is 4. The van der Waals surface area contributed by atoms with Crippen LogP contribution >= 0.6 is 11.3 Å². The summed E-state index contributed by atoms with van der Waals surface area (Å²) < 4.78 is 1.49. The zero-order chi connectivity index (χ0) is 19.0. The van der Waals surface area contributed by atoms with E-state index in [-0.39, 0.29) is 23.6 Å². The predicted octanol–water partition coefficient (Wildman–Crippen LogP) is 1.22. The molecule has 3 aromatic rings. The predicted molar refractivity (Wildman–Crippen MR) is 102 cm³/mol. The molecule has 27 heavy (non-hydrogen) atoms. The van der Waals surface area contributed by atoms with Crippen LogP contribution in [0, 0.1) is 0 Å². The summed E-state index contributed by atoms with van der Waals surface area (Å²) in [5.41, 5.74) is 3.46. The Morgan fingerprint density at radius 3 is 2.74 bits per heavy atom. The number of anilines is 3. The van der Waals surface area contributed by atoms with Crippen LogP contribution in [0.1, 0.15) is 33.8 Å². The minimum Gasteiger partial charge on any atom is -0.385 e. The molecule has 0 radical (unpaired) electrons. The summed E-state index contributed by atoms with van der Waals surface area (Å²) in [5.74, 6) is -0.0407. The third-order valence-corrected chi connectivity index (χ3v) is 4.88. The highest BCUT2D eigenvalue weighted by Gasteiger charge is 2.26. The van der Waals surface area contributed by atoms with Gasteiger partial charge in [0.1, 0.15) is 5.00 Å². The largest absolute Gasteiger partial charge is 0.385 e. The lowest BCUT2D eigenvalue weighted by Gasteiger charge is -2.10. The fraction of sp³-hybridized carbons (Fsp3) is 0.312. The van der Waals surface area contributed by atoms with Crippen LogP contribution in [0.15, 0.2) is 17.8 Å². The molecule has 3 heterocycles. The molecule has 0 unspecified atom stereocenters. The highest BCUT2D eigenvalue weighted by atomic mass is 32.1. The maximum absolute atomic E-state index is 12.5. The Morgan fingerprint density at radius 2 is 2.04 bits per heavy atom. The Bertz CT molecular complexity index is 1020. The van der Waals surface area contributed by atoms with Crippen molar-refractivity contribution in [3.05, 3.63) is 29.2 Å². The van der Waals surface area contributed by atoms with Crippen molar-refractivity contribution in [3.8, 4) is 0 Å². The molecule has 3 aromatic heterocycles. The summed E-state index contributed by atoms with van der Waals surface area (Å²) in [6, 6.07) is 2.00. The average molecular weight is 386 g/mol. The van der Waals surface area contributed by atoms with Crippen LogP contribution in [0.25, 0.3) is 5.65 Å². The van der Waals surface area contributed by atoms with E-state index in [4.69, 9.17) is 0 Å². The number of hydrogen-bond acceptors (Lipinski definition) is 8. The van der Waals surface area contributed by atoms with Crippen molar-refractivity contribution in [2.45, 2.75) is 18.9 Å². The van der Waals surface area contributed by atoms with Crippen LogP contribution in [-0.2, 0) is 0 Å². The van der Waals surface area contributed by atoms with Gasteiger partial charge in [-0.2, -0.15) is 0 Å². The molecule has 0 saturated heterocycles. The fourth-order valence-corrected chi connectivity index (χ4v) is 3.27. The highest BCUT2D eigenvalue weighted by molar-refractivity contribution is 7.14. The summed E-state index contributed by atoms with van der Waals surface area (Å²) in [4.78, 5) is 32.8. The highest BCUT2D eigenvalue weighted by Crippen LogP contribution is 2.27. The van der Waals surface area contributed by atoms with Crippen LogP contribution in [0.4, 0.5) is 16.5 Å². The van der Waals surface area contributed by atoms with Gasteiger partial charge in [-0.05, 0) is 12.8 Å². The zero-order valence-corrected chi connectivity index (χ0v) is 15.6. The van der Waals surface area contributed by atoms with Gasteiger partial charge in [0.2, 0.25) is 0 Å². The van der Waals surface area contributed by atoms with E-state index in [2.05, 4.69) is 36.3 Å². The SMILES string of the molecule is CNC(=O)c1ncsc1Nc1cc(NC)c2ncc(C(=O)NC3CC3)n2n1.